The molecule has 2 aromatic heterocycles. The van der Waals surface area contributed by atoms with Gasteiger partial charge in [0.1, 0.15) is 15.5 Å². The molecule has 4 rings (SSSR count). The molecule has 158 valence electrons. The van der Waals surface area contributed by atoms with Gasteiger partial charge in [0.2, 0.25) is 5.88 Å². The zero-order valence-corrected chi connectivity index (χ0v) is 18.4. The summed E-state index contributed by atoms with van der Waals surface area (Å²) >= 11 is 6.46. The number of para-hydroxylation sites is 1. The first-order chi connectivity index (χ1) is 14.8. The molecule has 0 N–H and O–H groups in total. The molecule has 6 nitrogen and oxygen atoms in total. The number of rotatable bonds is 5. The lowest BCUT2D eigenvalue weighted by atomic mass is 10.2. The number of thioether (sulfide) groups is 1. The summed E-state index contributed by atoms with van der Waals surface area (Å²) in [5.74, 6) is -0.799. The minimum Gasteiger partial charge on any atom is -0.435 e. The van der Waals surface area contributed by atoms with Crippen LogP contribution in [0.15, 0.2) is 58.4 Å². The summed E-state index contributed by atoms with van der Waals surface area (Å²) in [5, 5.41) is 0. The number of fused-ring (bicyclic) bond motifs is 1. The summed E-state index contributed by atoms with van der Waals surface area (Å²) in [7, 11) is 0. The molecule has 1 aliphatic rings. The van der Waals surface area contributed by atoms with Crippen molar-refractivity contribution >= 4 is 45.9 Å². The molecule has 1 aromatic carbocycles. The van der Waals surface area contributed by atoms with Crippen molar-refractivity contribution in [2.24, 2.45) is 5.92 Å². The van der Waals surface area contributed by atoms with Crippen LogP contribution in [0.25, 0.3) is 11.7 Å². The van der Waals surface area contributed by atoms with E-state index < -0.39 is 11.4 Å². The van der Waals surface area contributed by atoms with Crippen molar-refractivity contribution in [2.45, 2.75) is 13.8 Å². The first-order valence-electron chi connectivity index (χ1n) is 9.54. The number of benzene rings is 1. The van der Waals surface area contributed by atoms with Gasteiger partial charge in [-0.1, -0.05) is 56.0 Å². The van der Waals surface area contributed by atoms with E-state index in [0.717, 1.165) is 11.8 Å². The monoisotopic (exact) mass is 455 g/mol. The van der Waals surface area contributed by atoms with Crippen LogP contribution in [0.2, 0.25) is 0 Å². The molecule has 0 bridgehead atoms. The summed E-state index contributed by atoms with van der Waals surface area (Å²) in [5.41, 5.74) is -0.0635. The number of aromatic nitrogens is 2. The van der Waals surface area contributed by atoms with E-state index in [2.05, 4.69) is 4.98 Å². The van der Waals surface area contributed by atoms with Crippen molar-refractivity contribution in [3.8, 4) is 11.6 Å². The Balaban J connectivity index is 1.85. The van der Waals surface area contributed by atoms with Gasteiger partial charge in [0.15, 0.2) is 11.6 Å². The third kappa shape index (κ3) is 4.24. The largest absolute Gasteiger partial charge is 0.435 e. The average molecular weight is 456 g/mol. The number of carbonyl (C=O) groups is 1. The van der Waals surface area contributed by atoms with Crippen molar-refractivity contribution < 1.29 is 13.9 Å². The number of hydrogen-bond acceptors (Lipinski definition) is 6. The Morgan fingerprint density at radius 1 is 1.19 bits per heavy atom. The van der Waals surface area contributed by atoms with E-state index >= 15 is 0 Å². The van der Waals surface area contributed by atoms with Crippen LogP contribution in [-0.2, 0) is 4.79 Å². The molecule has 1 amide bonds. The van der Waals surface area contributed by atoms with E-state index in [1.165, 1.54) is 33.6 Å². The first-order valence-corrected chi connectivity index (χ1v) is 10.8. The van der Waals surface area contributed by atoms with Crippen LogP contribution in [0.1, 0.15) is 19.4 Å². The van der Waals surface area contributed by atoms with E-state index in [-0.39, 0.29) is 29.0 Å². The maximum atomic E-state index is 14.2. The second kappa shape index (κ2) is 8.60. The molecule has 0 aliphatic carbocycles. The minimum atomic E-state index is -0.591. The fourth-order valence-corrected chi connectivity index (χ4v) is 4.33. The molecule has 0 atom stereocenters. The fourth-order valence-electron chi connectivity index (χ4n) is 3.07. The van der Waals surface area contributed by atoms with Crippen LogP contribution in [0.5, 0.6) is 11.6 Å². The topological polar surface area (TPSA) is 63.9 Å². The second-order valence-corrected chi connectivity index (χ2v) is 8.96. The van der Waals surface area contributed by atoms with Crippen LogP contribution < -0.4 is 10.3 Å². The normalized spacial score (nSPS) is 15.5. The van der Waals surface area contributed by atoms with Gasteiger partial charge in [-0.25, -0.2) is 4.39 Å². The van der Waals surface area contributed by atoms with Gasteiger partial charge in [-0.15, -0.1) is 0 Å². The lowest BCUT2D eigenvalue weighted by molar-refractivity contribution is -0.122. The standard InChI is InChI=1S/C22H18FN3O3S2/c1-13(2)12-26-21(28)17(31-22(26)30)11-14-19(29-16-8-4-3-7-15(16)23)24-18-9-5-6-10-25(18)20(14)27/h3-11,13H,12H2,1-2H3/b17-11-. The summed E-state index contributed by atoms with van der Waals surface area (Å²) < 4.78 is 21.6. The van der Waals surface area contributed by atoms with Crippen LogP contribution >= 0.6 is 24.0 Å². The molecule has 0 spiro atoms. The zero-order valence-electron chi connectivity index (χ0n) is 16.7. The van der Waals surface area contributed by atoms with Gasteiger partial charge in [0.05, 0.1) is 4.91 Å². The maximum Gasteiger partial charge on any atom is 0.269 e. The van der Waals surface area contributed by atoms with Gasteiger partial charge in [-0.3, -0.25) is 18.9 Å². The molecule has 3 aromatic rings. The summed E-state index contributed by atoms with van der Waals surface area (Å²) in [6.07, 6.45) is 2.99. The molecule has 1 aliphatic heterocycles. The Morgan fingerprint density at radius 3 is 2.68 bits per heavy atom. The first kappa shape index (κ1) is 21.2. The Bertz CT molecular complexity index is 1290. The van der Waals surface area contributed by atoms with E-state index in [4.69, 9.17) is 17.0 Å². The molecule has 0 unspecified atom stereocenters. The van der Waals surface area contributed by atoms with Gasteiger partial charge < -0.3 is 4.74 Å². The molecule has 9 heteroatoms. The lowest BCUT2D eigenvalue weighted by Gasteiger charge is -2.16. The third-order valence-electron chi connectivity index (χ3n) is 4.47. The fraction of sp³-hybridized carbons (Fsp3) is 0.182. The van der Waals surface area contributed by atoms with Crippen molar-refractivity contribution in [1.82, 2.24) is 14.3 Å². The number of pyridine rings is 1. The van der Waals surface area contributed by atoms with Gasteiger partial charge >= 0.3 is 0 Å². The van der Waals surface area contributed by atoms with Crippen molar-refractivity contribution in [3.63, 3.8) is 0 Å². The van der Waals surface area contributed by atoms with E-state index in [1.54, 1.807) is 30.5 Å². The van der Waals surface area contributed by atoms with E-state index in [1.807, 2.05) is 13.8 Å². The van der Waals surface area contributed by atoms with Gasteiger partial charge in [0.25, 0.3) is 11.5 Å². The number of halogens is 1. The third-order valence-corrected chi connectivity index (χ3v) is 5.85. The van der Waals surface area contributed by atoms with Crippen LogP contribution in [0.4, 0.5) is 4.39 Å². The number of nitrogens with zero attached hydrogens (tertiary/aromatic N) is 3. The second-order valence-electron chi connectivity index (χ2n) is 7.28. The number of carbonyl (C=O) groups excluding carboxylic acids is 1. The quantitative estimate of drug-likeness (QED) is 0.418. The number of thiocarbonyl (C=S) groups is 1. The molecular formula is C22H18FN3O3S2. The SMILES string of the molecule is CC(C)CN1C(=O)/C(=C/c2c(Oc3ccccc3F)nc3ccccn3c2=O)SC1=S. The van der Waals surface area contributed by atoms with E-state index in [0.29, 0.717) is 21.4 Å². The molecule has 0 saturated carbocycles. The highest BCUT2D eigenvalue weighted by Crippen LogP contribution is 2.34. The zero-order chi connectivity index (χ0) is 22.1. The Kier molecular flexibility index (Phi) is 5.88. The maximum absolute atomic E-state index is 14.2. The summed E-state index contributed by atoms with van der Waals surface area (Å²) in [6.45, 7) is 4.46. The lowest BCUT2D eigenvalue weighted by Crippen LogP contribution is -2.31. The Hall–Kier alpha value is -3.04. The summed E-state index contributed by atoms with van der Waals surface area (Å²) in [6, 6.07) is 10.9. The highest BCUT2D eigenvalue weighted by Gasteiger charge is 2.33. The van der Waals surface area contributed by atoms with Crippen molar-refractivity contribution in [3.05, 3.63) is 75.3 Å². The van der Waals surface area contributed by atoms with Crippen molar-refractivity contribution in [1.29, 1.82) is 0 Å². The summed E-state index contributed by atoms with van der Waals surface area (Å²) in [4.78, 5) is 32.3. The van der Waals surface area contributed by atoms with Gasteiger partial charge in [-0.2, -0.15) is 4.98 Å². The predicted octanol–water partition coefficient (Wildman–Crippen LogP) is 4.48. The number of ether oxygens (including phenoxy) is 1. The Labute approximate surface area is 187 Å². The smallest absolute Gasteiger partial charge is 0.269 e. The van der Waals surface area contributed by atoms with Gasteiger partial charge in [0, 0.05) is 12.7 Å². The average Bonchev–Trinajstić information content (AvgIpc) is 2.99. The molecule has 3 heterocycles. The van der Waals surface area contributed by atoms with Crippen LogP contribution in [0.3, 0.4) is 0 Å². The Morgan fingerprint density at radius 2 is 1.94 bits per heavy atom. The van der Waals surface area contributed by atoms with Crippen molar-refractivity contribution in [2.75, 3.05) is 6.54 Å². The minimum absolute atomic E-state index is 0.0389. The molecule has 0 radical (unpaired) electrons. The molecule has 1 fully saturated rings. The van der Waals surface area contributed by atoms with Crippen LogP contribution in [-0.4, -0.2) is 31.1 Å². The highest BCUT2D eigenvalue weighted by atomic mass is 32.2. The molecular weight excluding hydrogens is 437 g/mol. The van der Waals surface area contributed by atoms with Gasteiger partial charge in [-0.05, 0) is 36.3 Å². The predicted molar refractivity (Wildman–Crippen MR) is 123 cm³/mol. The van der Waals surface area contributed by atoms with E-state index in [9.17, 15) is 14.0 Å². The number of hydrogen-bond donors (Lipinski definition) is 0. The van der Waals surface area contributed by atoms with Crippen LogP contribution in [0, 0.1) is 11.7 Å². The molecule has 31 heavy (non-hydrogen) atoms. The number of amides is 1. The molecule has 1 saturated heterocycles. The highest BCUT2D eigenvalue weighted by molar-refractivity contribution is 8.26.